The van der Waals surface area contributed by atoms with Crippen LogP contribution in [-0.2, 0) is 4.79 Å². The summed E-state index contributed by atoms with van der Waals surface area (Å²) in [5, 5.41) is 3.88. The second kappa shape index (κ2) is 8.38. The first-order valence-corrected chi connectivity index (χ1v) is 7.59. The number of hydrogen-bond donors (Lipinski definition) is 1. The number of nitrogens with zero attached hydrogens (tertiary/aromatic N) is 1. The number of nitrogens with one attached hydrogen (secondary N) is 1. The Labute approximate surface area is 142 Å². The van der Waals surface area contributed by atoms with E-state index in [0.29, 0.717) is 5.75 Å². The molecule has 0 aliphatic heterocycles. The summed E-state index contributed by atoms with van der Waals surface area (Å²) in [5.41, 5.74) is 3.33. The van der Waals surface area contributed by atoms with Gasteiger partial charge in [-0.1, -0.05) is 12.1 Å². The van der Waals surface area contributed by atoms with Gasteiger partial charge in [0, 0.05) is 3.57 Å². The molecule has 0 aliphatic carbocycles. The quantitative estimate of drug-likeness (QED) is 0.453. The lowest BCUT2D eigenvalue weighted by Crippen LogP contribution is -2.24. The molecule has 2 aromatic carbocycles. The van der Waals surface area contributed by atoms with E-state index in [-0.39, 0.29) is 12.5 Å². The number of methoxy groups -OCH3 is 1. The van der Waals surface area contributed by atoms with Gasteiger partial charge in [0.05, 0.1) is 13.3 Å². The van der Waals surface area contributed by atoms with Crippen LogP contribution in [0.4, 0.5) is 0 Å². The van der Waals surface area contributed by atoms with E-state index in [4.69, 9.17) is 9.47 Å². The molecule has 2 aromatic rings. The van der Waals surface area contributed by atoms with Crippen LogP contribution >= 0.6 is 22.6 Å². The second-order valence-corrected chi connectivity index (χ2v) is 5.55. The largest absolute Gasteiger partial charge is 0.497 e. The Kier molecular flexibility index (Phi) is 6.20. The monoisotopic (exact) mass is 410 g/mol. The van der Waals surface area contributed by atoms with Gasteiger partial charge in [-0.15, -0.1) is 0 Å². The molecule has 0 aromatic heterocycles. The number of carbonyl (C=O) groups is 1. The van der Waals surface area contributed by atoms with Crippen LogP contribution in [0.15, 0.2) is 53.6 Å². The maximum Gasteiger partial charge on any atom is 0.277 e. The number of hydrazone groups is 1. The van der Waals surface area contributed by atoms with Crippen molar-refractivity contribution in [3.05, 3.63) is 57.7 Å². The lowest BCUT2D eigenvalue weighted by Gasteiger charge is -2.05. The number of rotatable bonds is 6. The van der Waals surface area contributed by atoms with Crippen molar-refractivity contribution >= 4 is 34.7 Å². The van der Waals surface area contributed by atoms with E-state index in [2.05, 4.69) is 33.1 Å². The summed E-state index contributed by atoms with van der Waals surface area (Å²) >= 11 is 2.23. The third-order valence-corrected chi connectivity index (χ3v) is 3.42. The first-order chi connectivity index (χ1) is 10.7. The molecule has 0 aliphatic rings. The molecular weight excluding hydrogens is 395 g/mol. The molecule has 0 saturated heterocycles. The van der Waals surface area contributed by atoms with Gasteiger partial charge in [-0.05, 0) is 64.6 Å². The fourth-order valence-electron chi connectivity index (χ4n) is 1.58. The second-order valence-electron chi connectivity index (χ2n) is 4.31. The Morgan fingerprint density at radius 3 is 2.41 bits per heavy atom. The van der Waals surface area contributed by atoms with Crippen LogP contribution in [0.2, 0.25) is 0 Å². The molecule has 22 heavy (non-hydrogen) atoms. The van der Waals surface area contributed by atoms with Gasteiger partial charge >= 0.3 is 0 Å². The van der Waals surface area contributed by atoms with Crippen LogP contribution in [0.3, 0.4) is 0 Å². The summed E-state index contributed by atoms with van der Waals surface area (Å²) in [6, 6.07) is 14.8. The number of halogens is 1. The lowest BCUT2D eigenvalue weighted by molar-refractivity contribution is -0.123. The summed E-state index contributed by atoms with van der Waals surface area (Å²) in [7, 11) is 1.59. The number of amides is 1. The first kappa shape index (κ1) is 16.3. The molecule has 0 unspecified atom stereocenters. The van der Waals surface area contributed by atoms with Crippen LogP contribution in [0.25, 0.3) is 0 Å². The van der Waals surface area contributed by atoms with Crippen LogP contribution < -0.4 is 14.9 Å². The predicted molar refractivity (Wildman–Crippen MR) is 93.4 cm³/mol. The Balaban J connectivity index is 1.76. The highest BCUT2D eigenvalue weighted by Gasteiger charge is 2.01. The molecule has 1 N–H and O–H groups in total. The fraction of sp³-hybridized carbons (Fsp3) is 0.125. The zero-order valence-corrected chi connectivity index (χ0v) is 14.1. The minimum Gasteiger partial charge on any atom is -0.497 e. The van der Waals surface area contributed by atoms with Crippen molar-refractivity contribution in [3.63, 3.8) is 0 Å². The molecule has 0 bridgehead atoms. The average Bonchev–Trinajstić information content (AvgIpc) is 2.55. The Bertz CT molecular complexity index is 639. The van der Waals surface area contributed by atoms with Crippen LogP contribution in [0, 0.1) is 3.57 Å². The van der Waals surface area contributed by atoms with Gasteiger partial charge in [-0.3, -0.25) is 4.79 Å². The smallest absolute Gasteiger partial charge is 0.277 e. The van der Waals surface area contributed by atoms with Gasteiger partial charge in [0.25, 0.3) is 5.91 Å². The van der Waals surface area contributed by atoms with Crippen molar-refractivity contribution in [1.29, 1.82) is 0 Å². The van der Waals surface area contributed by atoms with Gasteiger partial charge in [0.2, 0.25) is 0 Å². The van der Waals surface area contributed by atoms with Crippen molar-refractivity contribution in [2.75, 3.05) is 13.7 Å². The van der Waals surface area contributed by atoms with Gasteiger partial charge in [0.1, 0.15) is 11.5 Å². The topological polar surface area (TPSA) is 59.9 Å². The maximum atomic E-state index is 11.6. The Hall–Kier alpha value is -2.09. The third kappa shape index (κ3) is 5.36. The minimum absolute atomic E-state index is 0.101. The Morgan fingerprint density at radius 2 is 1.77 bits per heavy atom. The molecule has 0 heterocycles. The fourth-order valence-corrected chi connectivity index (χ4v) is 1.94. The van der Waals surface area contributed by atoms with Crippen molar-refractivity contribution in [2.24, 2.45) is 5.10 Å². The molecule has 0 spiro atoms. The predicted octanol–water partition coefficient (Wildman–Crippen LogP) is 2.83. The standard InChI is InChI=1S/C16H15IN2O3/c1-21-14-6-8-15(9-7-14)22-11-16(20)19-18-10-12-2-4-13(17)5-3-12/h2-10H,11H2,1H3,(H,19,20)/b18-10+. The highest BCUT2D eigenvalue weighted by Crippen LogP contribution is 2.16. The number of carbonyl (C=O) groups excluding carboxylic acids is 1. The Morgan fingerprint density at radius 1 is 1.14 bits per heavy atom. The van der Waals surface area contributed by atoms with Gasteiger partial charge in [-0.2, -0.15) is 5.10 Å². The highest BCUT2D eigenvalue weighted by molar-refractivity contribution is 14.1. The highest BCUT2D eigenvalue weighted by atomic mass is 127. The summed E-state index contributed by atoms with van der Waals surface area (Å²) in [5.74, 6) is 1.01. The van der Waals surface area contributed by atoms with E-state index < -0.39 is 0 Å². The minimum atomic E-state index is -0.322. The summed E-state index contributed by atoms with van der Waals surface area (Å²) < 4.78 is 11.5. The van der Waals surface area contributed by atoms with E-state index in [1.54, 1.807) is 37.6 Å². The molecule has 6 heteroatoms. The summed E-state index contributed by atoms with van der Waals surface area (Å²) in [4.78, 5) is 11.6. The summed E-state index contributed by atoms with van der Waals surface area (Å²) in [6.07, 6.45) is 1.58. The molecule has 1 amide bonds. The van der Waals surface area contributed by atoms with Gasteiger partial charge in [0.15, 0.2) is 6.61 Å². The SMILES string of the molecule is COc1ccc(OCC(=O)N/N=C/c2ccc(I)cc2)cc1. The van der Waals surface area contributed by atoms with E-state index in [9.17, 15) is 4.79 Å². The van der Waals surface area contributed by atoms with Crippen molar-refractivity contribution in [3.8, 4) is 11.5 Å². The van der Waals surface area contributed by atoms with E-state index in [1.807, 2.05) is 24.3 Å². The van der Waals surface area contributed by atoms with E-state index in [1.165, 1.54) is 0 Å². The van der Waals surface area contributed by atoms with Crippen LogP contribution in [0.5, 0.6) is 11.5 Å². The lowest BCUT2D eigenvalue weighted by atomic mass is 10.2. The molecule has 0 saturated carbocycles. The van der Waals surface area contributed by atoms with Gasteiger partial charge < -0.3 is 9.47 Å². The molecule has 0 atom stereocenters. The molecule has 5 nitrogen and oxygen atoms in total. The molecule has 0 fully saturated rings. The molecular formula is C16H15IN2O3. The molecule has 114 valence electrons. The number of ether oxygens (including phenoxy) is 2. The normalized spacial score (nSPS) is 10.5. The van der Waals surface area contributed by atoms with Crippen molar-refractivity contribution in [2.45, 2.75) is 0 Å². The first-order valence-electron chi connectivity index (χ1n) is 6.52. The van der Waals surface area contributed by atoms with Crippen molar-refractivity contribution in [1.82, 2.24) is 5.43 Å². The summed E-state index contributed by atoms with van der Waals surface area (Å²) in [6.45, 7) is -0.101. The number of benzene rings is 2. The molecule has 0 radical (unpaired) electrons. The maximum absolute atomic E-state index is 11.6. The van der Waals surface area contributed by atoms with E-state index >= 15 is 0 Å². The van der Waals surface area contributed by atoms with Gasteiger partial charge in [-0.25, -0.2) is 5.43 Å². The zero-order valence-electron chi connectivity index (χ0n) is 12.0. The zero-order chi connectivity index (χ0) is 15.8. The number of hydrogen-bond acceptors (Lipinski definition) is 4. The third-order valence-electron chi connectivity index (χ3n) is 2.70. The average molecular weight is 410 g/mol. The van der Waals surface area contributed by atoms with Crippen LogP contribution in [0.1, 0.15) is 5.56 Å². The molecule has 2 rings (SSSR count). The van der Waals surface area contributed by atoms with E-state index in [0.717, 1.165) is 14.9 Å². The van der Waals surface area contributed by atoms with Crippen LogP contribution in [-0.4, -0.2) is 25.8 Å². The van der Waals surface area contributed by atoms with Crippen molar-refractivity contribution < 1.29 is 14.3 Å².